The maximum absolute atomic E-state index is 14.0. The second-order valence-corrected chi connectivity index (χ2v) is 25.4. The fourth-order valence-corrected chi connectivity index (χ4v) is 8.39. The van der Waals surface area contributed by atoms with E-state index in [-0.39, 0.29) is 30.3 Å². The molecule has 0 radical (unpaired) electrons. The second kappa shape index (κ2) is 18.3. The summed E-state index contributed by atoms with van der Waals surface area (Å²) >= 11 is 0. The summed E-state index contributed by atoms with van der Waals surface area (Å²) in [6, 6.07) is 0.847. The van der Waals surface area contributed by atoms with Gasteiger partial charge in [-0.2, -0.15) is 0 Å². The van der Waals surface area contributed by atoms with Crippen molar-refractivity contribution in [3.8, 4) is 11.4 Å². The van der Waals surface area contributed by atoms with Crippen molar-refractivity contribution in [2.45, 2.75) is 156 Å². The number of aromatic nitrogens is 5. The molecule has 0 spiro atoms. The lowest BCUT2D eigenvalue weighted by Crippen LogP contribution is -2.44. The number of rotatable bonds is 16. The van der Waals surface area contributed by atoms with Gasteiger partial charge in [0.05, 0.1) is 17.5 Å². The zero-order valence-electron chi connectivity index (χ0n) is 37.8. The number of amides is 2. The van der Waals surface area contributed by atoms with Gasteiger partial charge in [0, 0.05) is 70.9 Å². The average Bonchev–Trinajstić information content (AvgIpc) is 3.87. The Bertz CT molecular complexity index is 1940. The van der Waals surface area contributed by atoms with Gasteiger partial charge in [-0.25, -0.2) is 24.5 Å². The van der Waals surface area contributed by atoms with Gasteiger partial charge < -0.3 is 48.4 Å². The van der Waals surface area contributed by atoms with Gasteiger partial charge in [0.2, 0.25) is 0 Å². The number of nitrogen functional groups attached to an aromatic ring is 1. The smallest absolute Gasteiger partial charge is 0.410 e. The third-order valence-corrected chi connectivity index (χ3v) is 12.3. The highest BCUT2D eigenvalue weighted by Gasteiger charge is 2.55. The first-order valence-electron chi connectivity index (χ1n) is 21.1. The van der Waals surface area contributed by atoms with Crippen LogP contribution in [0.25, 0.3) is 22.4 Å². The van der Waals surface area contributed by atoms with E-state index in [1.807, 2.05) is 79.3 Å². The first-order valence-corrected chi connectivity index (χ1v) is 24.8. The number of imidazole rings is 1. The minimum atomic E-state index is -1.26. The quantitative estimate of drug-likeness (QED) is 0.0837. The Hall–Kier alpha value is -3.99. The highest BCUT2D eigenvalue weighted by molar-refractivity contribution is 6.76. The standard InChI is InChI=1S/C43H70N8O7Si/c1-14-29(2)16-20-48(39(52)57-41(3,4)5)18-15-19-49(40(53)58-42(6,7)8)25-30-24-32(35-34(30)55-43(9,10)56-35)51-26-31(33-36(44)46-27-47-38(33)51)37-45-17-21-50(37)28-54-22-23-59(11,12)13/h14,17,21,26-27,30,32,34-35H,15-16,18-20,22-25,28H2,1-13H3,(H2,44,46,47)/b29-14+/t30-,32-,34-,35+/m1/s1. The lowest BCUT2D eigenvalue weighted by Gasteiger charge is -2.32. The molecule has 4 atom stereocenters. The van der Waals surface area contributed by atoms with Gasteiger partial charge >= 0.3 is 12.2 Å². The van der Waals surface area contributed by atoms with Crippen LogP contribution in [0.5, 0.6) is 0 Å². The SMILES string of the molecule is C/C=C(\C)CCN(CCCN(C[C@H]1C[C@@H](n2cc(-c3nccn3COCC[Si](C)(C)C)c3c(N)ncnc32)[C@@H]2OC(C)(C)O[C@H]12)C(=O)OC(C)(C)C)C(=O)OC(C)(C)C. The van der Waals surface area contributed by atoms with E-state index >= 15 is 0 Å². The molecule has 16 heteroatoms. The molecule has 0 bridgehead atoms. The highest BCUT2D eigenvalue weighted by atomic mass is 28.3. The molecular formula is C43H70N8O7Si. The summed E-state index contributed by atoms with van der Waals surface area (Å²) in [5.41, 5.74) is 7.91. The van der Waals surface area contributed by atoms with Crippen molar-refractivity contribution in [3.05, 3.63) is 36.6 Å². The van der Waals surface area contributed by atoms with E-state index in [2.05, 4.69) is 42.2 Å². The molecule has 1 saturated heterocycles. The number of ether oxygens (including phenoxy) is 5. The van der Waals surface area contributed by atoms with Crippen molar-refractivity contribution in [1.29, 1.82) is 0 Å². The van der Waals surface area contributed by atoms with Gasteiger partial charge in [0.15, 0.2) is 5.79 Å². The predicted molar refractivity (Wildman–Crippen MR) is 233 cm³/mol. The summed E-state index contributed by atoms with van der Waals surface area (Å²) in [7, 11) is -1.26. The number of anilines is 1. The van der Waals surface area contributed by atoms with Crippen LogP contribution in [0, 0.1) is 5.92 Å². The topological polar surface area (TPSA) is 161 Å². The van der Waals surface area contributed by atoms with Gasteiger partial charge in [-0.15, -0.1) is 0 Å². The van der Waals surface area contributed by atoms with Crippen molar-refractivity contribution >= 4 is 37.1 Å². The fraction of sp³-hybridized carbons (Fsp3) is 0.698. The van der Waals surface area contributed by atoms with Crippen LogP contribution < -0.4 is 5.73 Å². The molecule has 5 rings (SSSR count). The molecule has 1 saturated carbocycles. The van der Waals surface area contributed by atoms with Gasteiger partial charge in [0.25, 0.3) is 0 Å². The molecule has 0 unspecified atom stereocenters. The molecule has 3 aromatic heterocycles. The molecule has 2 aliphatic rings. The van der Waals surface area contributed by atoms with E-state index in [4.69, 9.17) is 39.4 Å². The van der Waals surface area contributed by atoms with Crippen LogP contribution in [0.3, 0.4) is 0 Å². The molecule has 59 heavy (non-hydrogen) atoms. The van der Waals surface area contributed by atoms with Crippen LogP contribution in [0.15, 0.2) is 36.6 Å². The van der Waals surface area contributed by atoms with Gasteiger partial charge in [-0.1, -0.05) is 31.3 Å². The van der Waals surface area contributed by atoms with Crippen LogP contribution in [0.2, 0.25) is 25.7 Å². The van der Waals surface area contributed by atoms with Crippen molar-refractivity contribution in [2.24, 2.45) is 5.92 Å². The maximum atomic E-state index is 14.0. The Morgan fingerprint density at radius 1 is 0.983 bits per heavy atom. The maximum Gasteiger partial charge on any atom is 0.410 e. The minimum absolute atomic E-state index is 0.125. The number of nitrogens with zero attached hydrogens (tertiary/aromatic N) is 7. The first-order chi connectivity index (χ1) is 27.4. The fourth-order valence-electron chi connectivity index (χ4n) is 7.63. The molecular weight excluding hydrogens is 769 g/mol. The third-order valence-electron chi connectivity index (χ3n) is 10.6. The Morgan fingerprint density at radius 3 is 2.27 bits per heavy atom. The molecule has 2 amide bonds. The Labute approximate surface area is 352 Å². The van der Waals surface area contributed by atoms with E-state index in [1.54, 1.807) is 16.0 Å². The summed E-state index contributed by atoms with van der Waals surface area (Å²) in [5.74, 6) is 0.0761. The van der Waals surface area contributed by atoms with Crippen LogP contribution in [0.1, 0.15) is 94.5 Å². The Balaban J connectivity index is 1.42. The number of fused-ring (bicyclic) bond motifs is 2. The van der Waals surface area contributed by atoms with Crippen molar-refractivity contribution in [1.82, 2.24) is 33.9 Å². The Kier molecular flexibility index (Phi) is 14.3. The molecule has 0 aromatic carbocycles. The molecule has 2 N–H and O–H groups in total. The van der Waals surface area contributed by atoms with E-state index in [0.29, 0.717) is 75.0 Å². The van der Waals surface area contributed by atoms with E-state index in [9.17, 15) is 9.59 Å². The summed E-state index contributed by atoms with van der Waals surface area (Å²) in [4.78, 5) is 44.6. The van der Waals surface area contributed by atoms with Gasteiger partial charge in [-0.3, -0.25) is 0 Å². The highest BCUT2D eigenvalue weighted by Crippen LogP contribution is 2.49. The molecule has 1 aliphatic carbocycles. The molecule has 328 valence electrons. The molecule has 4 heterocycles. The monoisotopic (exact) mass is 839 g/mol. The Morgan fingerprint density at radius 2 is 1.63 bits per heavy atom. The minimum Gasteiger partial charge on any atom is -0.444 e. The number of hydrogen-bond donors (Lipinski definition) is 1. The summed E-state index contributed by atoms with van der Waals surface area (Å²) in [6.45, 7) is 28.8. The third kappa shape index (κ3) is 12.3. The van der Waals surface area contributed by atoms with Gasteiger partial charge in [-0.05, 0) is 94.5 Å². The normalized spacial score (nSPS) is 20.9. The number of hydrogen-bond acceptors (Lipinski definition) is 11. The number of nitrogens with two attached hydrogens (primary N) is 1. The summed E-state index contributed by atoms with van der Waals surface area (Å²) < 4.78 is 35.3. The van der Waals surface area contributed by atoms with E-state index in [0.717, 1.165) is 18.0 Å². The van der Waals surface area contributed by atoms with Gasteiger partial charge in [0.1, 0.15) is 47.7 Å². The zero-order chi connectivity index (χ0) is 43.5. The number of carbonyl (C=O) groups excluding carboxylic acids is 2. The van der Waals surface area contributed by atoms with Crippen LogP contribution >= 0.6 is 0 Å². The van der Waals surface area contributed by atoms with Crippen LogP contribution in [-0.2, 0) is 30.4 Å². The second-order valence-electron chi connectivity index (χ2n) is 19.7. The molecule has 3 aromatic rings. The number of allylic oxidation sites excluding steroid dienone is 1. The first kappa shape index (κ1) is 46.1. The van der Waals surface area contributed by atoms with E-state index < -0.39 is 31.2 Å². The number of carbonyl (C=O) groups is 2. The van der Waals surface area contributed by atoms with E-state index in [1.165, 1.54) is 11.9 Å². The van der Waals surface area contributed by atoms with Crippen LogP contribution in [-0.4, -0.2) is 116 Å². The molecule has 2 fully saturated rings. The van der Waals surface area contributed by atoms with Crippen LogP contribution in [0.4, 0.5) is 15.4 Å². The summed E-state index contributed by atoms with van der Waals surface area (Å²) in [6.07, 6.45) is 9.66. The zero-order valence-corrected chi connectivity index (χ0v) is 38.8. The van der Waals surface area contributed by atoms with Crippen molar-refractivity contribution < 1.29 is 33.3 Å². The lowest BCUT2D eigenvalue weighted by atomic mass is 10.0. The predicted octanol–water partition coefficient (Wildman–Crippen LogP) is 8.49. The average molecular weight is 839 g/mol. The molecule has 15 nitrogen and oxygen atoms in total. The van der Waals surface area contributed by atoms with Crippen molar-refractivity contribution in [2.75, 3.05) is 38.5 Å². The molecule has 1 aliphatic heterocycles. The summed E-state index contributed by atoms with van der Waals surface area (Å²) in [5, 5.41) is 0.703. The lowest BCUT2D eigenvalue weighted by molar-refractivity contribution is -0.160. The largest absolute Gasteiger partial charge is 0.444 e. The van der Waals surface area contributed by atoms with Crippen molar-refractivity contribution in [3.63, 3.8) is 0 Å².